The molecule has 0 aromatic carbocycles. The van der Waals surface area contributed by atoms with Crippen molar-refractivity contribution in [2.75, 3.05) is 32.1 Å². The molecule has 1 aliphatic carbocycles. The first-order valence-corrected chi connectivity index (χ1v) is 8.93. The lowest BCUT2D eigenvalue weighted by atomic mass is 10.2. The van der Waals surface area contributed by atoms with Gasteiger partial charge < -0.3 is 9.80 Å². The molecule has 2 aliphatic rings. The second-order valence-corrected chi connectivity index (χ2v) is 8.77. The number of carbonyl (C=O) groups is 1. The van der Waals surface area contributed by atoms with Gasteiger partial charge in [-0.25, -0.2) is 8.42 Å². The van der Waals surface area contributed by atoms with Crippen molar-refractivity contribution in [3.8, 4) is 0 Å². The molecule has 0 spiro atoms. The van der Waals surface area contributed by atoms with E-state index in [0.29, 0.717) is 23.5 Å². The van der Waals surface area contributed by atoms with Crippen molar-refractivity contribution in [1.29, 1.82) is 0 Å². The van der Waals surface area contributed by atoms with Gasteiger partial charge in [0.1, 0.15) is 0 Å². The van der Waals surface area contributed by atoms with Crippen LogP contribution in [0.2, 0.25) is 0 Å². The Bertz CT molecular complexity index is 439. The molecule has 0 radical (unpaired) electrons. The van der Waals surface area contributed by atoms with Crippen LogP contribution in [0.3, 0.4) is 0 Å². The lowest BCUT2D eigenvalue weighted by molar-refractivity contribution is -0.906. The maximum atomic E-state index is 12.1. The number of hydrogen-bond acceptors (Lipinski definition) is 3. The van der Waals surface area contributed by atoms with E-state index < -0.39 is 9.84 Å². The largest absolute Gasteiger partial charge is 0.347 e. The Labute approximate surface area is 115 Å². The summed E-state index contributed by atoms with van der Waals surface area (Å²) in [5, 5.41) is 2.88. The first kappa shape index (κ1) is 14.8. The van der Waals surface area contributed by atoms with E-state index in [2.05, 4.69) is 19.4 Å². The molecule has 110 valence electrons. The predicted octanol–water partition coefficient (Wildman–Crippen LogP) is 0.309. The number of quaternary nitrogens is 1. The van der Waals surface area contributed by atoms with Gasteiger partial charge in [0.15, 0.2) is 16.4 Å². The van der Waals surface area contributed by atoms with Crippen LogP contribution >= 0.6 is 0 Å². The van der Waals surface area contributed by atoms with Gasteiger partial charge in [-0.05, 0) is 32.1 Å². The molecule has 0 unspecified atom stereocenters. The fourth-order valence-electron chi connectivity index (χ4n) is 3.28. The number of likely N-dealkylation sites (N-methyl/N-ethyl adjacent to an activating group) is 1. The SMILES string of the molecule is C[N+](C)(CC(=O)N[C@@H]1CCS(=O)(=O)C1)C1CCCC1. The topological polar surface area (TPSA) is 63.2 Å². The normalized spacial score (nSPS) is 27.6. The molecule has 6 heteroatoms. The molecule has 19 heavy (non-hydrogen) atoms. The number of carbonyl (C=O) groups excluding carboxylic acids is 1. The van der Waals surface area contributed by atoms with Crippen LogP contribution in [0.4, 0.5) is 0 Å². The zero-order valence-corrected chi connectivity index (χ0v) is 12.7. The number of amides is 1. The van der Waals surface area contributed by atoms with Gasteiger partial charge in [-0.2, -0.15) is 0 Å². The van der Waals surface area contributed by atoms with E-state index in [4.69, 9.17) is 0 Å². The molecule has 1 amide bonds. The van der Waals surface area contributed by atoms with E-state index in [-0.39, 0.29) is 23.5 Å². The zero-order valence-electron chi connectivity index (χ0n) is 11.9. The van der Waals surface area contributed by atoms with Crippen molar-refractivity contribution in [3.05, 3.63) is 0 Å². The van der Waals surface area contributed by atoms with Gasteiger partial charge >= 0.3 is 0 Å². The fraction of sp³-hybridized carbons (Fsp3) is 0.923. The molecule has 1 atom stereocenters. The van der Waals surface area contributed by atoms with Crippen LogP contribution in [-0.2, 0) is 14.6 Å². The van der Waals surface area contributed by atoms with E-state index in [1.165, 1.54) is 25.7 Å². The van der Waals surface area contributed by atoms with E-state index in [1.807, 2.05) is 0 Å². The fourth-order valence-corrected chi connectivity index (χ4v) is 4.96. The van der Waals surface area contributed by atoms with Gasteiger partial charge in [-0.3, -0.25) is 4.79 Å². The Morgan fingerprint density at radius 3 is 2.37 bits per heavy atom. The summed E-state index contributed by atoms with van der Waals surface area (Å²) in [6.45, 7) is 0.446. The summed E-state index contributed by atoms with van der Waals surface area (Å²) in [5.74, 6) is 0.299. The van der Waals surface area contributed by atoms with Crippen molar-refractivity contribution in [3.63, 3.8) is 0 Å². The van der Waals surface area contributed by atoms with Gasteiger partial charge in [0.2, 0.25) is 0 Å². The van der Waals surface area contributed by atoms with Crippen LogP contribution in [0, 0.1) is 0 Å². The summed E-state index contributed by atoms with van der Waals surface area (Å²) in [7, 11) is 1.28. The van der Waals surface area contributed by atoms with E-state index in [0.717, 1.165) is 0 Å². The van der Waals surface area contributed by atoms with Crippen LogP contribution in [0.1, 0.15) is 32.1 Å². The smallest absolute Gasteiger partial charge is 0.275 e. The number of nitrogens with one attached hydrogen (secondary N) is 1. The lowest BCUT2D eigenvalue weighted by Crippen LogP contribution is -2.54. The first-order valence-electron chi connectivity index (χ1n) is 7.11. The van der Waals surface area contributed by atoms with Crippen molar-refractivity contribution >= 4 is 15.7 Å². The van der Waals surface area contributed by atoms with Crippen molar-refractivity contribution in [2.45, 2.75) is 44.2 Å². The molecule has 1 N–H and O–H groups in total. The molecule has 0 bridgehead atoms. The third kappa shape index (κ3) is 3.92. The molecular formula is C13H25N2O3S+. The van der Waals surface area contributed by atoms with Gasteiger partial charge in [0.25, 0.3) is 5.91 Å². The number of rotatable bonds is 4. The number of hydrogen-bond donors (Lipinski definition) is 1. The Kier molecular flexibility index (Phi) is 4.20. The minimum absolute atomic E-state index is 0.0148. The molecule has 0 aromatic rings. The highest BCUT2D eigenvalue weighted by Crippen LogP contribution is 2.26. The quantitative estimate of drug-likeness (QED) is 0.758. The Hall–Kier alpha value is -0.620. The molecule has 1 aliphatic heterocycles. The molecule has 1 heterocycles. The van der Waals surface area contributed by atoms with Gasteiger partial charge in [0.05, 0.1) is 31.6 Å². The van der Waals surface area contributed by atoms with Gasteiger partial charge in [-0.15, -0.1) is 0 Å². The molecule has 2 fully saturated rings. The summed E-state index contributed by atoms with van der Waals surface area (Å²) < 4.78 is 23.4. The molecule has 5 nitrogen and oxygen atoms in total. The summed E-state index contributed by atoms with van der Waals surface area (Å²) in [6, 6.07) is 0.388. The minimum atomic E-state index is -2.92. The van der Waals surface area contributed by atoms with Crippen LogP contribution in [-0.4, -0.2) is 63.0 Å². The second kappa shape index (κ2) is 5.40. The summed E-state index contributed by atoms with van der Waals surface area (Å²) in [5.41, 5.74) is 0. The molecule has 2 rings (SSSR count). The van der Waals surface area contributed by atoms with Crippen LogP contribution < -0.4 is 5.32 Å². The van der Waals surface area contributed by atoms with Gasteiger partial charge in [0, 0.05) is 6.04 Å². The number of nitrogens with zero attached hydrogens (tertiary/aromatic N) is 1. The van der Waals surface area contributed by atoms with Crippen LogP contribution in [0.5, 0.6) is 0 Å². The lowest BCUT2D eigenvalue weighted by Gasteiger charge is -2.35. The molecular weight excluding hydrogens is 264 g/mol. The predicted molar refractivity (Wildman–Crippen MR) is 74.4 cm³/mol. The molecule has 1 saturated carbocycles. The van der Waals surface area contributed by atoms with Crippen LogP contribution in [0.25, 0.3) is 0 Å². The third-order valence-corrected chi connectivity index (χ3v) is 6.23. The van der Waals surface area contributed by atoms with E-state index >= 15 is 0 Å². The number of sulfone groups is 1. The Balaban J connectivity index is 1.84. The minimum Gasteiger partial charge on any atom is -0.347 e. The standard InChI is InChI=1S/C13H24N2O3S/c1-15(2,12-5-3-4-6-12)9-13(16)14-11-7-8-19(17,18)10-11/h11-12H,3-10H2,1-2H3/p+1/t11-/m1/s1. The average Bonchev–Trinajstić information content (AvgIpc) is 2.86. The van der Waals surface area contributed by atoms with E-state index in [9.17, 15) is 13.2 Å². The van der Waals surface area contributed by atoms with Crippen LogP contribution in [0.15, 0.2) is 0 Å². The first-order chi connectivity index (χ1) is 8.78. The van der Waals surface area contributed by atoms with Crippen molar-refractivity contribution < 1.29 is 17.7 Å². The average molecular weight is 289 g/mol. The maximum Gasteiger partial charge on any atom is 0.275 e. The van der Waals surface area contributed by atoms with Crippen molar-refractivity contribution in [2.24, 2.45) is 0 Å². The highest BCUT2D eigenvalue weighted by Gasteiger charge is 2.35. The highest BCUT2D eigenvalue weighted by molar-refractivity contribution is 7.91. The molecule has 0 aromatic heterocycles. The zero-order chi connectivity index (χ0) is 14.1. The summed E-state index contributed by atoms with van der Waals surface area (Å²) in [6.07, 6.45) is 5.46. The van der Waals surface area contributed by atoms with E-state index in [1.54, 1.807) is 0 Å². The maximum absolute atomic E-state index is 12.1. The Morgan fingerprint density at radius 1 is 1.21 bits per heavy atom. The Morgan fingerprint density at radius 2 is 1.84 bits per heavy atom. The monoisotopic (exact) mass is 289 g/mol. The third-order valence-electron chi connectivity index (χ3n) is 4.46. The highest BCUT2D eigenvalue weighted by atomic mass is 32.2. The second-order valence-electron chi connectivity index (χ2n) is 6.54. The van der Waals surface area contributed by atoms with Gasteiger partial charge in [-0.1, -0.05) is 0 Å². The van der Waals surface area contributed by atoms with Crippen molar-refractivity contribution in [1.82, 2.24) is 5.32 Å². The molecule has 1 saturated heterocycles. The summed E-state index contributed by atoms with van der Waals surface area (Å²) >= 11 is 0. The summed E-state index contributed by atoms with van der Waals surface area (Å²) in [4.78, 5) is 12.1.